The fourth-order valence-corrected chi connectivity index (χ4v) is 3.87. The second-order valence-electron chi connectivity index (χ2n) is 6.13. The van der Waals surface area contributed by atoms with Crippen LogP contribution in [0.2, 0.25) is 0 Å². The Morgan fingerprint density at radius 3 is 2.48 bits per heavy atom. The summed E-state index contributed by atoms with van der Waals surface area (Å²) >= 11 is 0. The topological polar surface area (TPSA) is 123 Å². The molecular weight excluding hydrogens is 427 g/mol. The van der Waals surface area contributed by atoms with Gasteiger partial charge in [0.2, 0.25) is 0 Å². The fraction of sp³-hybridized carbons (Fsp3) is 0.0500. The number of methoxy groups -OCH3 is 1. The number of benzene rings is 3. The number of hydrogen-bond acceptors (Lipinski definition) is 7. The Morgan fingerprint density at radius 2 is 1.77 bits per heavy atom. The van der Waals surface area contributed by atoms with Crippen LogP contribution in [0.3, 0.4) is 0 Å². The Labute approximate surface area is 177 Å². The zero-order valence-corrected chi connectivity index (χ0v) is 17.0. The molecule has 3 aromatic rings. The summed E-state index contributed by atoms with van der Waals surface area (Å²) in [5, 5.41) is 15.0. The molecule has 0 bridgehead atoms. The van der Waals surface area contributed by atoms with Crippen molar-refractivity contribution in [3.63, 3.8) is 0 Å². The Bertz CT molecular complexity index is 1250. The highest BCUT2D eigenvalue weighted by atomic mass is 32.2. The molecule has 160 valence electrons. The van der Waals surface area contributed by atoms with Crippen molar-refractivity contribution in [2.45, 2.75) is 4.90 Å². The highest BCUT2D eigenvalue weighted by molar-refractivity contribution is 7.93. The molecule has 0 amide bonds. The van der Waals surface area contributed by atoms with Crippen molar-refractivity contribution in [1.29, 1.82) is 0 Å². The van der Waals surface area contributed by atoms with Gasteiger partial charge in [0.15, 0.2) is 0 Å². The summed E-state index contributed by atoms with van der Waals surface area (Å²) in [6.07, 6.45) is 1.17. The smallest absolute Gasteiger partial charge is 0.270 e. The van der Waals surface area contributed by atoms with Crippen LogP contribution < -0.4 is 14.9 Å². The third-order valence-electron chi connectivity index (χ3n) is 4.11. The van der Waals surface area contributed by atoms with Crippen molar-refractivity contribution in [3.8, 4) is 5.75 Å². The lowest BCUT2D eigenvalue weighted by Gasteiger charge is -2.14. The van der Waals surface area contributed by atoms with Crippen LogP contribution in [0.25, 0.3) is 0 Å². The van der Waals surface area contributed by atoms with Crippen LogP contribution in [0.4, 0.5) is 21.5 Å². The van der Waals surface area contributed by atoms with E-state index in [0.29, 0.717) is 0 Å². The second kappa shape index (κ2) is 9.22. The summed E-state index contributed by atoms with van der Waals surface area (Å²) in [7, 11) is -2.90. The minimum Gasteiger partial charge on any atom is -0.495 e. The molecule has 0 heterocycles. The van der Waals surface area contributed by atoms with Crippen molar-refractivity contribution < 1.29 is 22.5 Å². The number of hydrogen-bond donors (Lipinski definition) is 2. The third-order valence-corrected chi connectivity index (χ3v) is 5.52. The summed E-state index contributed by atoms with van der Waals surface area (Å²) in [4.78, 5) is 10.0. The maximum Gasteiger partial charge on any atom is 0.270 e. The Balaban J connectivity index is 1.98. The molecule has 0 aliphatic rings. The summed E-state index contributed by atoms with van der Waals surface area (Å²) in [6.45, 7) is 0. The molecule has 0 saturated carbocycles. The van der Waals surface area contributed by atoms with Crippen molar-refractivity contribution in [2.75, 3.05) is 17.3 Å². The Hall–Kier alpha value is -3.99. The zero-order chi connectivity index (χ0) is 22.4. The van der Waals surface area contributed by atoms with Gasteiger partial charge >= 0.3 is 0 Å². The maximum atomic E-state index is 13.7. The number of nitrogens with zero attached hydrogens (tertiary/aromatic N) is 2. The molecule has 0 radical (unpaired) electrons. The van der Waals surface area contributed by atoms with Crippen LogP contribution in [0.15, 0.2) is 76.7 Å². The molecule has 11 heteroatoms. The van der Waals surface area contributed by atoms with Gasteiger partial charge in [-0.25, -0.2) is 12.8 Å². The number of sulfonamides is 1. The summed E-state index contributed by atoms with van der Waals surface area (Å²) in [6, 6.07) is 15.4. The van der Waals surface area contributed by atoms with Crippen molar-refractivity contribution in [3.05, 3.63) is 88.2 Å². The van der Waals surface area contributed by atoms with Crippen LogP contribution in [-0.2, 0) is 10.0 Å². The Kier molecular flexibility index (Phi) is 6.46. The van der Waals surface area contributed by atoms with E-state index in [1.807, 2.05) is 0 Å². The third kappa shape index (κ3) is 5.14. The number of hydrazone groups is 1. The number of non-ortho nitro benzene ring substituents is 1. The first kappa shape index (κ1) is 21.7. The van der Waals surface area contributed by atoms with Gasteiger partial charge in [0.1, 0.15) is 16.5 Å². The van der Waals surface area contributed by atoms with Gasteiger partial charge in [-0.15, -0.1) is 0 Å². The van der Waals surface area contributed by atoms with Gasteiger partial charge in [-0.3, -0.25) is 20.3 Å². The number of nitro groups is 1. The van der Waals surface area contributed by atoms with Crippen LogP contribution in [0, 0.1) is 15.9 Å². The normalized spacial score (nSPS) is 11.3. The molecule has 0 atom stereocenters. The molecule has 2 N–H and O–H groups in total. The van der Waals surface area contributed by atoms with E-state index in [0.717, 1.165) is 12.1 Å². The lowest BCUT2D eigenvalue weighted by molar-refractivity contribution is -0.385. The van der Waals surface area contributed by atoms with Gasteiger partial charge < -0.3 is 4.74 Å². The van der Waals surface area contributed by atoms with E-state index < -0.39 is 31.3 Å². The van der Waals surface area contributed by atoms with Gasteiger partial charge in [0.05, 0.1) is 29.6 Å². The van der Waals surface area contributed by atoms with Crippen LogP contribution in [-0.4, -0.2) is 26.7 Å². The first-order valence-electron chi connectivity index (χ1n) is 8.79. The van der Waals surface area contributed by atoms with Gasteiger partial charge in [0, 0.05) is 17.7 Å². The standard InChI is InChI=1S/C20H17FN4O5S/c1-30-19-9-5-4-8-17(19)24-31(28,29)20-12-15(25(26)27)10-11-18(20)23-22-13-14-6-2-3-7-16(14)21/h2-13,23-24H,1H3/b22-13+. The molecule has 0 aliphatic carbocycles. The molecule has 31 heavy (non-hydrogen) atoms. The summed E-state index contributed by atoms with van der Waals surface area (Å²) in [5.41, 5.74) is 2.36. The predicted octanol–water partition coefficient (Wildman–Crippen LogP) is 3.99. The SMILES string of the molecule is COc1ccccc1NS(=O)(=O)c1cc([N+](=O)[O-])ccc1N/N=C/c1ccccc1F. The molecule has 0 spiro atoms. The molecular formula is C20H17FN4O5S. The lowest BCUT2D eigenvalue weighted by Crippen LogP contribution is -2.15. The maximum absolute atomic E-state index is 13.7. The molecule has 0 unspecified atom stereocenters. The number of nitro benzene ring substituents is 1. The first-order chi connectivity index (χ1) is 14.8. The molecule has 3 rings (SSSR count). The predicted molar refractivity (Wildman–Crippen MR) is 115 cm³/mol. The average Bonchev–Trinajstić information content (AvgIpc) is 2.75. The largest absolute Gasteiger partial charge is 0.495 e. The summed E-state index contributed by atoms with van der Waals surface area (Å²) in [5.74, 6) is -0.244. The molecule has 0 saturated heterocycles. The zero-order valence-electron chi connectivity index (χ0n) is 16.2. The molecule has 0 aliphatic heterocycles. The minimum atomic E-state index is -4.28. The van der Waals surface area contributed by atoms with E-state index in [4.69, 9.17) is 4.74 Å². The van der Waals surface area contributed by atoms with Crippen LogP contribution in [0.5, 0.6) is 5.75 Å². The highest BCUT2D eigenvalue weighted by Gasteiger charge is 2.23. The van der Waals surface area contributed by atoms with Gasteiger partial charge in [-0.2, -0.15) is 5.10 Å². The van der Waals surface area contributed by atoms with Gasteiger partial charge in [-0.1, -0.05) is 30.3 Å². The number of rotatable bonds is 8. The Morgan fingerprint density at radius 1 is 1.06 bits per heavy atom. The van der Waals surface area contributed by atoms with Crippen LogP contribution in [0.1, 0.15) is 5.56 Å². The molecule has 0 aromatic heterocycles. The highest BCUT2D eigenvalue weighted by Crippen LogP contribution is 2.31. The van der Waals surface area contributed by atoms with E-state index in [1.165, 1.54) is 43.7 Å². The van der Waals surface area contributed by atoms with E-state index in [9.17, 15) is 22.9 Å². The number of nitrogens with one attached hydrogen (secondary N) is 2. The lowest BCUT2D eigenvalue weighted by atomic mass is 10.2. The number of anilines is 2. The second-order valence-corrected chi connectivity index (χ2v) is 7.79. The van der Waals surface area contributed by atoms with E-state index in [2.05, 4.69) is 15.2 Å². The summed E-state index contributed by atoms with van der Waals surface area (Å²) < 4.78 is 47.2. The van der Waals surface area contributed by atoms with E-state index in [1.54, 1.807) is 24.3 Å². The first-order valence-corrected chi connectivity index (χ1v) is 10.3. The van der Waals surface area contributed by atoms with Crippen molar-refractivity contribution >= 4 is 33.3 Å². The van der Waals surface area contributed by atoms with Crippen molar-refractivity contribution in [2.24, 2.45) is 5.10 Å². The molecule has 0 fully saturated rings. The molecule has 3 aromatic carbocycles. The number of para-hydroxylation sites is 2. The van der Waals surface area contributed by atoms with Gasteiger partial charge in [0.25, 0.3) is 15.7 Å². The van der Waals surface area contributed by atoms with Crippen LogP contribution >= 0.6 is 0 Å². The molecule has 9 nitrogen and oxygen atoms in total. The van der Waals surface area contributed by atoms with E-state index >= 15 is 0 Å². The fourth-order valence-electron chi connectivity index (χ4n) is 2.62. The number of ether oxygens (including phenoxy) is 1. The minimum absolute atomic E-state index is 0.0411. The van der Waals surface area contributed by atoms with Crippen molar-refractivity contribution in [1.82, 2.24) is 0 Å². The average molecular weight is 444 g/mol. The van der Waals surface area contributed by atoms with E-state index in [-0.39, 0.29) is 22.7 Å². The monoisotopic (exact) mass is 444 g/mol. The number of halogens is 1. The quantitative estimate of drug-likeness (QED) is 0.308. The van der Waals surface area contributed by atoms with Gasteiger partial charge in [-0.05, 0) is 24.3 Å².